The van der Waals surface area contributed by atoms with Gasteiger partial charge in [-0.05, 0) is 37.8 Å². The number of carbonyl (C=O) groups excluding carboxylic acids is 1. The monoisotopic (exact) mass is 282 g/mol. The van der Waals surface area contributed by atoms with Crippen LogP contribution in [0.4, 0.5) is 0 Å². The van der Waals surface area contributed by atoms with Crippen molar-refractivity contribution in [2.24, 2.45) is 0 Å². The zero-order valence-electron chi connectivity index (χ0n) is 13.2. The number of benzene rings is 2. The molecule has 21 heavy (non-hydrogen) atoms. The van der Waals surface area contributed by atoms with Gasteiger partial charge in [0.2, 0.25) is 0 Å². The molecule has 2 aromatic carbocycles. The Labute approximate surface area is 129 Å². The molecule has 0 radical (unpaired) electrons. The van der Waals surface area contributed by atoms with Gasteiger partial charge in [0.25, 0.3) is 0 Å². The summed E-state index contributed by atoms with van der Waals surface area (Å²) < 4.78 is 0. The molecule has 1 aliphatic rings. The molecule has 3 rings (SSSR count). The van der Waals surface area contributed by atoms with Crippen molar-refractivity contribution in [3.8, 4) is 0 Å². The number of hydrogen-bond acceptors (Lipinski definition) is 1. The van der Waals surface area contributed by atoms with Crippen molar-refractivity contribution in [2.75, 3.05) is 0 Å². The lowest BCUT2D eigenvalue weighted by Gasteiger charge is -2.05. The van der Waals surface area contributed by atoms with Gasteiger partial charge in [-0.1, -0.05) is 67.1 Å². The Kier molecular flexibility index (Phi) is 8.86. The van der Waals surface area contributed by atoms with Crippen molar-refractivity contribution in [2.45, 2.75) is 46.0 Å². The van der Waals surface area contributed by atoms with Crippen LogP contribution >= 0.6 is 0 Å². The van der Waals surface area contributed by atoms with Gasteiger partial charge in [0.15, 0.2) is 0 Å². The smallest absolute Gasteiger partial charge is 0.132 e. The van der Waals surface area contributed by atoms with Crippen LogP contribution in [0.3, 0.4) is 0 Å². The predicted molar refractivity (Wildman–Crippen MR) is 90.5 cm³/mol. The molecule has 0 N–H and O–H groups in total. The van der Waals surface area contributed by atoms with Crippen molar-refractivity contribution < 1.29 is 4.79 Å². The van der Waals surface area contributed by atoms with E-state index in [2.05, 4.69) is 38.1 Å². The normalized spacial score (nSPS) is 13.3. The molecule has 0 atom stereocenters. The quantitative estimate of drug-likeness (QED) is 0.622. The average molecular weight is 282 g/mol. The second-order valence-corrected chi connectivity index (χ2v) is 5.34. The minimum absolute atomic E-state index is 0.464. The van der Waals surface area contributed by atoms with Crippen LogP contribution in [0, 0.1) is 13.8 Å². The Bertz CT molecular complexity index is 447. The van der Waals surface area contributed by atoms with Gasteiger partial charge in [0.1, 0.15) is 5.78 Å². The van der Waals surface area contributed by atoms with Gasteiger partial charge < -0.3 is 0 Å². The van der Waals surface area contributed by atoms with Crippen LogP contribution in [0.2, 0.25) is 0 Å². The molecular formula is C20H26O. The summed E-state index contributed by atoms with van der Waals surface area (Å²) in [6.45, 7) is 4.24. The van der Waals surface area contributed by atoms with Crippen molar-refractivity contribution in [3.63, 3.8) is 0 Å². The second kappa shape index (κ2) is 10.8. The Morgan fingerprint density at radius 1 is 0.619 bits per heavy atom. The Morgan fingerprint density at radius 3 is 1.24 bits per heavy atom. The molecule has 1 fully saturated rings. The summed E-state index contributed by atoms with van der Waals surface area (Å²) in [6, 6.07) is 20.4. The van der Waals surface area contributed by atoms with Gasteiger partial charge >= 0.3 is 0 Å². The highest BCUT2D eigenvalue weighted by atomic mass is 16.1. The Morgan fingerprint density at radius 2 is 1.00 bits per heavy atom. The minimum Gasteiger partial charge on any atom is -0.300 e. The topological polar surface area (TPSA) is 17.1 Å². The molecule has 0 aliphatic heterocycles. The molecule has 0 saturated heterocycles. The zero-order chi connectivity index (χ0) is 15.3. The van der Waals surface area contributed by atoms with Crippen LogP contribution < -0.4 is 0 Å². The molecule has 0 unspecified atom stereocenters. The summed E-state index contributed by atoms with van der Waals surface area (Å²) >= 11 is 0. The summed E-state index contributed by atoms with van der Waals surface area (Å²) in [7, 11) is 0. The minimum atomic E-state index is 0.464. The number of hydrogen-bond donors (Lipinski definition) is 0. The molecule has 0 aromatic heterocycles. The summed E-state index contributed by atoms with van der Waals surface area (Å²) in [4.78, 5) is 10.5. The molecule has 0 heterocycles. The highest BCUT2D eigenvalue weighted by Gasteiger charge is 2.05. The number of rotatable bonds is 0. The first-order chi connectivity index (χ1) is 10.2. The van der Waals surface area contributed by atoms with E-state index in [0.717, 1.165) is 25.7 Å². The third-order valence-electron chi connectivity index (χ3n) is 3.50. The van der Waals surface area contributed by atoms with Crippen LogP contribution in [0.1, 0.15) is 43.2 Å². The average Bonchev–Trinajstić information content (AvgIpc) is 2.54. The summed E-state index contributed by atoms with van der Waals surface area (Å²) in [5.41, 5.74) is 2.74. The maximum absolute atomic E-state index is 10.5. The van der Waals surface area contributed by atoms with Gasteiger partial charge in [0.05, 0.1) is 0 Å². The SMILES string of the molecule is Cc1ccccc1C.O=C1CCCCC1.c1ccccc1. The summed E-state index contributed by atoms with van der Waals surface area (Å²) in [5, 5.41) is 0. The fraction of sp³-hybridized carbons (Fsp3) is 0.350. The first kappa shape index (κ1) is 17.2. The lowest BCUT2D eigenvalue weighted by atomic mass is 10.00. The molecule has 1 nitrogen and oxygen atoms in total. The van der Waals surface area contributed by atoms with Crippen LogP contribution in [-0.2, 0) is 4.79 Å². The van der Waals surface area contributed by atoms with Crippen LogP contribution in [0.25, 0.3) is 0 Å². The number of Topliss-reactive ketones (excluding diaryl/α,β-unsaturated/α-hetero) is 1. The second-order valence-electron chi connectivity index (χ2n) is 5.34. The van der Waals surface area contributed by atoms with Crippen molar-refractivity contribution in [1.82, 2.24) is 0 Å². The van der Waals surface area contributed by atoms with Crippen LogP contribution in [0.5, 0.6) is 0 Å². The van der Waals surface area contributed by atoms with Gasteiger partial charge in [-0.25, -0.2) is 0 Å². The van der Waals surface area contributed by atoms with E-state index in [-0.39, 0.29) is 0 Å². The highest BCUT2D eigenvalue weighted by molar-refractivity contribution is 5.78. The lowest BCUT2D eigenvalue weighted by molar-refractivity contribution is -0.120. The van der Waals surface area contributed by atoms with Crippen molar-refractivity contribution in [1.29, 1.82) is 0 Å². The van der Waals surface area contributed by atoms with Gasteiger partial charge in [-0.2, -0.15) is 0 Å². The fourth-order valence-corrected chi connectivity index (χ4v) is 1.99. The van der Waals surface area contributed by atoms with Crippen LogP contribution in [-0.4, -0.2) is 5.78 Å². The van der Waals surface area contributed by atoms with E-state index in [1.165, 1.54) is 17.5 Å². The standard InChI is InChI=1S/C8H10.C6H10O.C6H6/c1-7-5-3-4-6-8(7)2;7-6-4-2-1-3-5-6;1-2-4-6-5-3-1/h3-6H,1-2H3;1-5H2;1-6H. The third-order valence-corrected chi connectivity index (χ3v) is 3.50. The van der Waals surface area contributed by atoms with E-state index in [1.807, 2.05) is 36.4 Å². The molecule has 1 aliphatic carbocycles. The van der Waals surface area contributed by atoms with E-state index in [9.17, 15) is 4.79 Å². The van der Waals surface area contributed by atoms with E-state index in [0.29, 0.717) is 5.78 Å². The molecule has 0 amide bonds. The molecule has 112 valence electrons. The van der Waals surface area contributed by atoms with Crippen LogP contribution in [0.15, 0.2) is 60.7 Å². The fourth-order valence-electron chi connectivity index (χ4n) is 1.99. The van der Waals surface area contributed by atoms with E-state index in [4.69, 9.17) is 0 Å². The molecule has 1 saturated carbocycles. The van der Waals surface area contributed by atoms with Gasteiger partial charge in [0, 0.05) is 12.8 Å². The summed E-state index contributed by atoms with van der Waals surface area (Å²) in [6.07, 6.45) is 5.24. The maximum atomic E-state index is 10.5. The molecular weight excluding hydrogens is 256 g/mol. The first-order valence-electron chi connectivity index (χ1n) is 7.74. The number of ketones is 1. The third kappa shape index (κ3) is 8.80. The van der Waals surface area contributed by atoms with E-state index in [1.54, 1.807) is 0 Å². The predicted octanol–water partition coefficient (Wildman–Crippen LogP) is 5.51. The lowest BCUT2D eigenvalue weighted by Crippen LogP contribution is -2.02. The molecule has 0 spiro atoms. The van der Waals surface area contributed by atoms with Crippen molar-refractivity contribution in [3.05, 3.63) is 71.8 Å². The van der Waals surface area contributed by atoms with Gasteiger partial charge in [-0.15, -0.1) is 0 Å². The zero-order valence-corrected chi connectivity index (χ0v) is 13.2. The molecule has 1 heteroatoms. The Balaban J connectivity index is 0.000000159. The molecule has 0 bridgehead atoms. The first-order valence-corrected chi connectivity index (χ1v) is 7.74. The highest BCUT2D eigenvalue weighted by Crippen LogP contribution is 2.12. The molecule has 2 aromatic rings. The van der Waals surface area contributed by atoms with Gasteiger partial charge in [-0.3, -0.25) is 4.79 Å². The van der Waals surface area contributed by atoms with Crippen molar-refractivity contribution >= 4 is 5.78 Å². The maximum Gasteiger partial charge on any atom is 0.132 e. The number of aryl methyl sites for hydroxylation is 2. The van der Waals surface area contributed by atoms with E-state index < -0.39 is 0 Å². The largest absolute Gasteiger partial charge is 0.300 e. The van der Waals surface area contributed by atoms with E-state index >= 15 is 0 Å². The Hall–Kier alpha value is -1.89. The summed E-state index contributed by atoms with van der Waals surface area (Å²) in [5.74, 6) is 0.464. The number of carbonyl (C=O) groups is 1.